The highest BCUT2D eigenvalue weighted by molar-refractivity contribution is 9.11. The molecule has 4 aliphatic heterocycles. The third kappa shape index (κ3) is 9.56. The van der Waals surface area contributed by atoms with Crippen LogP contribution in [0.2, 0.25) is 0 Å². The lowest BCUT2D eigenvalue weighted by Crippen LogP contribution is -2.40. The van der Waals surface area contributed by atoms with E-state index in [2.05, 4.69) is 104 Å². The Morgan fingerprint density at radius 1 is 0.403 bits per heavy atom. The van der Waals surface area contributed by atoms with Gasteiger partial charge in [-0.2, -0.15) is 17.6 Å². The van der Waals surface area contributed by atoms with Crippen molar-refractivity contribution in [1.29, 1.82) is 0 Å². The van der Waals surface area contributed by atoms with Crippen LogP contribution < -0.4 is 22.9 Å². The Bertz CT molecular complexity index is 2540. The number of aromatic nitrogens is 4. The van der Waals surface area contributed by atoms with Crippen LogP contribution in [0.5, 0.6) is 0 Å². The third-order valence-corrected chi connectivity index (χ3v) is 15.3. The molecule has 8 heterocycles. The van der Waals surface area contributed by atoms with E-state index in [-0.39, 0.29) is 94.4 Å². The molecule has 28 heteroatoms. The fourth-order valence-corrected chi connectivity index (χ4v) is 11.1. The van der Waals surface area contributed by atoms with Crippen LogP contribution >= 0.6 is 63.7 Å². The summed E-state index contributed by atoms with van der Waals surface area (Å²) in [7, 11) is 0. The Hall–Kier alpha value is -4.96. The van der Waals surface area contributed by atoms with Gasteiger partial charge < -0.3 is 41.9 Å². The molecule has 4 aromatic heterocycles. The average Bonchev–Trinajstić information content (AvgIpc) is 4.11. The Morgan fingerprint density at radius 3 is 0.778 bits per heavy atom. The minimum atomic E-state index is -1.30. The standard InChI is InChI=1S/4C11H10BrF2N3O/c4*12-5-1-7(9(14)16-3-5)11(4-13)6-2-8(6)18-10(15)17-11/h4*1,3,6,8H,2,4H2,(H2,15,17)/t4*6-,8+,11-/m1000/s1. The highest BCUT2D eigenvalue weighted by Gasteiger charge is 2.63. The van der Waals surface area contributed by atoms with E-state index in [4.69, 9.17) is 41.9 Å². The van der Waals surface area contributed by atoms with Gasteiger partial charge in [-0.25, -0.2) is 57.5 Å². The van der Waals surface area contributed by atoms with E-state index in [9.17, 15) is 35.1 Å². The zero-order valence-electron chi connectivity index (χ0n) is 37.0. The molecule has 16 nitrogen and oxygen atoms in total. The molecule has 0 saturated heterocycles. The lowest BCUT2D eigenvalue weighted by Gasteiger charge is -2.30. The van der Waals surface area contributed by atoms with Crippen LogP contribution in [0.15, 0.2) is 86.9 Å². The first kappa shape index (κ1) is 51.9. The number of aliphatic imine (C=N–C) groups is 4. The van der Waals surface area contributed by atoms with Gasteiger partial charge in [0, 0.05) is 88.6 Å². The summed E-state index contributed by atoms with van der Waals surface area (Å²) in [6.07, 6.45) is 7.11. The fourth-order valence-electron chi connectivity index (χ4n) is 9.81. The van der Waals surface area contributed by atoms with Crippen LogP contribution in [0.25, 0.3) is 0 Å². The highest BCUT2D eigenvalue weighted by Crippen LogP contribution is 2.57. The minimum Gasteiger partial charge on any atom is -0.462 e. The summed E-state index contributed by atoms with van der Waals surface area (Å²) in [4.78, 5) is 30.5. The van der Waals surface area contributed by atoms with E-state index < -0.39 is 72.6 Å². The van der Waals surface area contributed by atoms with Crippen molar-refractivity contribution < 1.29 is 54.1 Å². The maximum Gasteiger partial charge on any atom is 0.283 e. The maximum absolute atomic E-state index is 13.9. The Balaban J connectivity index is 0.000000119. The van der Waals surface area contributed by atoms with Crippen LogP contribution in [-0.2, 0) is 41.1 Å². The molecular weight excluding hydrogens is 1230 g/mol. The molecule has 0 spiro atoms. The van der Waals surface area contributed by atoms with E-state index in [1.807, 2.05) is 0 Å². The average molecular weight is 1270 g/mol. The fraction of sp³-hybridized carbons (Fsp3) is 0.455. The number of alkyl halides is 4. The summed E-state index contributed by atoms with van der Waals surface area (Å²) in [6.45, 7) is -3.30. The largest absolute Gasteiger partial charge is 0.462 e. The van der Waals surface area contributed by atoms with Gasteiger partial charge in [0.2, 0.25) is 23.8 Å². The van der Waals surface area contributed by atoms with Gasteiger partial charge in [0.25, 0.3) is 24.1 Å². The zero-order valence-corrected chi connectivity index (χ0v) is 43.3. The number of ether oxygens (including phenoxy) is 4. The second-order valence-corrected chi connectivity index (χ2v) is 21.7. The van der Waals surface area contributed by atoms with E-state index in [1.54, 1.807) is 0 Å². The molecule has 4 aromatic rings. The Kier molecular flexibility index (Phi) is 14.2. The number of fused-ring (bicyclic) bond motifs is 4. The van der Waals surface area contributed by atoms with Gasteiger partial charge in [-0.15, -0.1) is 0 Å². The molecule has 384 valence electrons. The van der Waals surface area contributed by atoms with E-state index in [0.29, 0.717) is 43.6 Å². The quantitative estimate of drug-likeness (QED) is 0.0989. The molecule has 4 saturated carbocycles. The summed E-state index contributed by atoms with van der Waals surface area (Å²) in [5.41, 5.74) is 17.4. The third-order valence-electron chi connectivity index (χ3n) is 13.6. The predicted molar refractivity (Wildman–Crippen MR) is 257 cm³/mol. The smallest absolute Gasteiger partial charge is 0.283 e. The van der Waals surface area contributed by atoms with Gasteiger partial charge in [0.05, 0.1) is 0 Å². The molecule has 0 bridgehead atoms. The molecule has 4 fully saturated rings. The van der Waals surface area contributed by atoms with Crippen LogP contribution in [-0.4, -0.2) is 95.1 Å². The minimum absolute atomic E-state index is 0.0919. The van der Waals surface area contributed by atoms with Gasteiger partial charge >= 0.3 is 0 Å². The Morgan fingerprint density at radius 2 is 0.597 bits per heavy atom. The number of nitrogens with zero attached hydrogens (tertiary/aromatic N) is 8. The van der Waals surface area contributed by atoms with Crippen molar-refractivity contribution in [2.75, 3.05) is 26.7 Å². The molecule has 4 aliphatic carbocycles. The summed E-state index contributed by atoms with van der Waals surface area (Å²) < 4.78 is 133. The number of halogens is 12. The van der Waals surface area contributed by atoms with Crippen molar-refractivity contribution >= 4 is 87.8 Å². The van der Waals surface area contributed by atoms with Crippen molar-refractivity contribution in [2.45, 2.75) is 72.3 Å². The van der Waals surface area contributed by atoms with Crippen molar-refractivity contribution in [3.63, 3.8) is 0 Å². The number of hydrogen-bond acceptors (Lipinski definition) is 16. The first-order chi connectivity index (χ1) is 34.3. The summed E-state index contributed by atoms with van der Waals surface area (Å²) in [6, 6.07) is 5.63. The van der Waals surface area contributed by atoms with Crippen molar-refractivity contribution in [3.8, 4) is 0 Å². The molecule has 0 aromatic carbocycles. The van der Waals surface area contributed by atoms with E-state index in [1.165, 1.54) is 49.1 Å². The van der Waals surface area contributed by atoms with Crippen LogP contribution in [0.4, 0.5) is 35.1 Å². The number of pyridine rings is 4. The van der Waals surface area contributed by atoms with Crippen molar-refractivity contribution in [3.05, 3.63) is 113 Å². The van der Waals surface area contributed by atoms with Crippen molar-refractivity contribution in [1.82, 2.24) is 19.9 Å². The first-order valence-corrected chi connectivity index (χ1v) is 25.0. The summed E-state index contributed by atoms with van der Waals surface area (Å²) in [5.74, 6) is -3.61. The topological polar surface area (TPSA) is 242 Å². The molecule has 0 radical (unpaired) electrons. The second-order valence-electron chi connectivity index (χ2n) is 18.0. The molecule has 0 amide bonds. The number of nitrogens with two attached hydrogens (primary N) is 4. The second kappa shape index (κ2) is 19.7. The molecule has 8 aliphatic rings. The van der Waals surface area contributed by atoms with E-state index >= 15 is 0 Å². The monoisotopic (exact) mass is 1270 g/mol. The van der Waals surface area contributed by atoms with Crippen LogP contribution in [0.3, 0.4) is 0 Å². The van der Waals surface area contributed by atoms with Gasteiger partial charge in [0.1, 0.15) is 73.3 Å². The SMILES string of the molecule is NC1=N[C@@](CF)(c2cc(Br)cnc2F)[C@@H]2C[C@@H]2O1.NC1=N[C@](CF)(c2cc(Br)cnc2F)[C@H]2C[C@H]2O1.NC1=N[C@](CF)(c2cc(Br)cnc2F)[C@H]2C[C@H]2O1.NC1=N[C@](CF)(c2cc(Br)cnc2F)[C@H]2C[C@H]2O1. The number of amidine groups is 4. The molecular formula is C44H40Br4F8N12O4. The molecule has 8 N–H and O–H groups in total. The first-order valence-electron chi connectivity index (χ1n) is 21.8. The van der Waals surface area contributed by atoms with Gasteiger partial charge in [-0.05, 0) is 114 Å². The van der Waals surface area contributed by atoms with E-state index in [0.717, 1.165) is 0 Å². The van der Waals surface area contributed by atoms with Gasteiger partial charge in [-0.1, -0.05) is 0 Å². The van der Waals surface area contributed by atoms with Gasteiger partial charge in [-0.3, -0.25) is 0 Å². The summed E-state index contributed by atoms with van der Waals surface area (Å²) in [5, 5.41) is 0. The molecule has 0 unspecified atom stereocenters. The lowest BCUT2D eigenvalue weighted by molar-refractivity contribution is 0.167. The van der Waals surface area contributed by atoms with Gasteiger partial charge in [0.15, 0.2) is 0 Å². The van der Waals surface area contributed by atoms with Crippen LogP contribution in [0.1, 0.15) is 47.9 Å². The number of rotatable bonds is 8. The lowest BCUT2D eigenvalue weighted by atomic mass is 9.87. The maximum atomic E-state index is 13.9. The van der Waals surface area contributed by atoms with Crippen molar-refractivity contribution in [2.24, 2.45) is 66.6 Å². The molecule has 12 rings (SSSR count). The molecule has 72 heavy (non-hydrogen) atoms. The predicted octanol–water partition coefficient (Wildman–Crippen LogP) is 7.53. The summed E-state index contributed by atoms with van der Waals surface area (Å²) >= 11 is 12.8. The normalized spacial score (nSPS) is 33.4. The zero-order chi connectivity index (χ0) is 51.7. The highest BCUT2D eigenvalue weighted by atomic mass is 79.9. The van der Waals surface area contributed by atoms with Crippen LogP contribution in [0, 0.1) is 47.5 Å². The number of hydrogen-bond donors (Lipinski definition) is 4. The molecule has 12 atom stereocenters. The Labute approximate surface area is 437 Å².